The van der Waals surface area contributed by atoms with E-state index in [0.717, 1.165) is 51.8 Å². The standard InChI is InChI=1S/C28H37N7O3/c1-7-33-14-20(5)38-28-26(18(3)13-32(28)6)23-15-34-21(11-29-23)12-30-25(34)10-9-22-24(16-33)35(19(4)17-36)31-27(22)37-8-2/h9-13,15,19-20,36H,7-8,14,16-17H2,1-6H3/b10-9+/t19-,20-/m0/s1. The minimum absolute atomic E-state index is 0.0225. The van der Waals surface area contributed by atoms with Gasteiger partial charge in [-0.2, -0.15) is 0 Å². The summed E-state index contributed by atoms with van der Waals surface area (Å²) in [7, 11) is 2.00. The van der Waals surface area contributed by atoms with E-state index in [9.17, 15) is 5.11 Å². The van der Waals surface area contributed by atoms with Crippen molar-refractivity contribution in [3.63, 3.8) is 0 Å². The van der Waals surface area contributed by atoms with Gasteiger partial charge in [-0.05, 0) is 52.0 Å². The van der Waals surface area contributed by atoms with Crippen LogP contribution < -0.4 is 9.47 Å². The Morgan fingerprint density at radius 3 is 2.71 bits per heavy atom. The molecule has 202 valence electrons. The zero-order valence-electron chi connectivity index (χ0n) is 23.0. The molecule has 2 atom stereocenters. The number of likely N-dealkylation sites (N-methyl/N-ethyl adjacent to an activating group) is 1. The number of hydrogen-bond acceptors (Lipinski definition) is 7. The van der Waals surface area contributed by atoms with Gasteiger partial charge < -0.3 is 19.1 Å². The zero-order chi connectivity index (χ0) is 27.0. The van der Waals surface area contributed by atoms with E-state index in [1.54, 1.807) is 0 Å². The highest BCUT2D eigenvalue weighted by atomic mass is 16.5. The van der Waals surface area contributed by atoms with Crippen LogP contribution in [0.3, 0.4) is 0 Å². The molecule has 0 saturated heterocycles. The SMILES string of the molecule is CCOc1nn([C@@H](C)CO)c2c1/C=C/c1ncc3cnc(cn13)-c1c(C)cn(C)c1O[C@@H](C)CN(CC)C2. The van der Waals surface area contributed by atoms with Gasteiger partial charge >= 0.3 is 0 Å². The Hall–Kier alpha value is -3.63. The molecule has 0 unspecified atom stereocenters. The number of rotatable bonds is 5. The quantitative estimate of drug-likeness (QED) is 0.426. The van der Waals surface area contributed by atoms with Gasteiger partial charge in [0, 0.05) is 32.5 Å². The van der Waals surface area contributed by atoms with Crippen LogP contribution in [0.25, 0.3) is 28.9 Å². The van der Waals surface area contributed by atoms with Crippen LogP contribution in [0.15, 0.2) is 24.8 Å². The van der Waals surface area contributed by atoms with Gasteiger partial charge in [-0.15, -0.1) is 5.10 Å². The number of ether oxygens (including phenoxy) is 2. The molecule has 4 aromatic heterocycles. The highest BCUT2D eigenvalue weighted by Gasteiger charge is 2.25. The number of aliphatic hydroxyl groups is 1. The van der Waals surface area contributed by atoms with Crippen LogP contribution in [0.5, 0.6) is 11.8 Å². The van der Waals surface area contributed by atoms with Crippen LogP contribution in [0, 0.1) is 6.92 Å². The predicted octanol–water partition coefficient (Wildman–Crippen LogP) is 3.96. The van der Waals surface area contributed by atoms with Gasteiger partial charge in [0.25, 0.3) is 0 Å². The Bertz CT molecular complexity index is 1460. The Morgan fingerprint density at radius 2 is 1.97 bits per heavy atom. The first-order chi connectivity index (χ1) is 18.3. The lowest BCUT2D eigenvalue weighted by Crippen LogP contribution is -2.35. The second-order valence-corrected chi connectivity index (χ2v) is 9.95. The van der Waals surface area contributed by atoms with E-state index in [1.165, 1.54) is 0 Å². The molecule has 38 heavy (non-hydrogen) atoms. The van der Waals surface area contributed by atoms with Gasteiger partial charge in [0.05, 0.1) is 59.7 Å². The molecule has 0 amide bonds. The maximum Gasteiger partial charge on any atom is 0.240 e. The summed E-state index contributed by atoms with van der Waals surface area (Å²) in [5.41, 5.74) is 5.68. The summed E-state index contributed by atoms with van der Waals surface area (Å²) in [6.45, 7) is 12.9. The molecule has 2 bridgehead atoms. The average Bonchev–Trinajstić information content (AvgIpc) is 3.54. The third kappa shape index (κ3) is 4.69. The minimum atomic E-state index is -0.199. The van der Waals surface area contributed by atoms with Crippen molar-refractivity contribution in [1.29, 1.82) is 0 Å². The van der Waals surface area contributed by atoms with Crippen molar-refractivity contribution < 1.29 is 14.6 Å². The first-order valence-corrected chi connectivity index (χ1v) is 13.3. The van der Waals surface area contributed by atoms with E-state index in [1.807, 2.05) is 65.3 Å². The average molecular weight is 520 g/mol. The molecule has 1 aliphatic heterocycles. The summed E-state index contributed by atoms with van der Waals surface area (Å²) >= 11 is 0. The van der Waals surface area contributed by atoms with Gasteiger partial charge in [0.2, 0.25) is 11.8 Å². The van der Waals surface area contributed by atoms with E-state index in [-0.39, 0.29) is 18.8 Å². The summed E-state index contributed by atoms with van der Waals surface area (Å²) < 4.78 is 18.5. The van der Waals surface area contributed by atoms with Gasteiger partial charge in [0.15, 0.2) is 0 Å². The van der Waals surface area contributed by atoms with Gasteiger partial charge in [-0.3, -0.25) is 19.0 Å². The summed E-state index contributed by atoms with van der Waals surface area (Å²) in [5, 5.41) is 14.8. The molecule has 10 nitrogen and oxygen atoms in total. The molecule has 1 N–H and O–H groups in total. The van der Waals surface area contributed by atoms with Crippen molar-refractivity contribution in [1.82, 2.24) is 33.6 Å². The van der Waals surface area contributed by atoms with E-state index >= 15 is 0 Å². The van der Waals surface area contributed by atoms with Crippen LogP contribution in [0.4, 0.5) is 0 Å². The molecule has 5 heterocycles. The molecule has 0 aromatic carbocycles. The van der Waals surface area contributed by atoms with Crippen molar-refractivity contribution in [2.24, 2.45) is 7.05 Å². The van der Waals surface area contributed by atoms with Crippen LogP contribution >= 0.6 is 0 Å². The fourth-order valence-corrected chi connectivity index (χ4v) is 5.12. The van der Waals surface area contributed by atoms with Gasteiger partial charge in [-0.1, -0.05) is 6.92 Å². The lowest BCUT2D eigenvalue weighted by molar-refractivity contribution is 0.134. The molecular weight excluding hydrogens is 482 g/mol. The summed E-state index contributed by atoms with van der Waals surface area (Å²) in [6.07, 6.45) is 11.7. The topological polar surface area (TPSA) is 94.9 Å². The maximum absolute atomic E-state index is 10.00. The molecule has 0 radical (unpaired) electrons. The van der Waals surface area contributed by atoms with Crippen molar-refractivity contribution in [2.45, 2.75) is 53.3 Å². The van der Waals surface area contributed by atoms with Crippen LogP contribution in [-0.2, 0) is 13.6 Å². The number of aliphatic hydroxyl groups excluding tert-OH is 1. The predicted molar refractivity (Wildman–Crippen MR) is 147 cm³/mol. The molecular formula is C28H37N7O3. The fraction of sp³-hybridized carbons (Fsp3) is 0.464. The molecule has 1 aliphatic rings. The van der Waals surface area contributed by atoms with E-state index in [4.69, 9.17) is 19.6 Å². The minimum Gasteiger partial charge on any atom is -0.476 e. The highest BCUT2D eigenvalue weighted by Crippen LogP contribution is 2.35. The van der Waals surface area contributed by atoms with Gasteiger partial charge in [-0.25, -0.2) is 4.98 Å². The maximum atomic E-state index is 10.00. The van der Waals surface area contributed by atoms with Crippen molar-refractivity contribution in [3.8, 4) is 23.0 Å². The van der Waals surface area contributed by atoms with Gasteiger partial charge in [0.1, 0.15) is 11.9 Å². The highest BCUT2D eigenvalue weighted by molar-refractivity contribution is 5.74. The molecule has 0 fully saturated rings. The number of aryl methyl sites for hydroxylation is 2. The Kier molecular flexibility index (Phi) is 7.27. The fourth-order valence-electron chi connectivity index (χ4n) is 5.12. The Labute approximate surface area is 223 Å². The Balaban J connectivity index is 1.73. The summed E-state index contributed by atoms with van der Waals surface area (Å²) in [4.78, 5) is 11.8. The van der Waals surface area contributed by atoms with Crippen molar-refractivity contribution in [3.05, 3.63) is 47.4 Å². The smallest absolute Gasteiger partial charge is 0.240 e. The lowest BCUT2D eigenvalue weighted by Gasteiger charge is -2.26. The van der Waals surface area contributed by atoms with Crippen LogP contribution in [-0.4, -0.2) is 71.1 Å². The lowest BCUT2D eigenvalue weighted by atomic mass is 10.1. The first-order valence-electron chi connectivity index (χ1n) is 13.3. The number of nitrogens with zero attached hydrogens (tertiary/aromatic N) is 7. The second kappa shape index (κ2) is 10.6. The van der Waals surface area contributed by atoms with Crippen LogP contribution in [0.1, 0.15) is 56.4 Å². The number of hydrogen-bond donors (Lipinski definition) is 1. The van der Waals surface area contributed by atoms with Crippen molar-refractivity contribution in [2.75, 3.05) is 26.3 Å². The first kappa shape index (κ1) is 26.0. The van der Waals surface area contributed by atoms with E-state index in [2.05, 4.69) is 36.9 Å². The summed E-state index contributed by atoms with van der Waals surface area (Å²) in [6, 6.07) is -0.199. The molecule has 0 saturated carbocycles. The largest absolute Gasteiger partial charge is 0.476 e. The van der Waals surface area contributed by atoms with E-state index < -0.39 is 0 Å². The number of aromatic nitrogens is 6. The molecule has 10 heteroatoms. The number of fused-ring (bicyclic) bond motifs is 4. The molecule has 4 aromatic rings. The van der Waals surface area contributed by atoms with Crippen LogP contribution in [0.2, 0.25) is 0 Å². The molecule has 0 aliphatic carbocycles. The van der Waals surface area contributed by atoms with E-state index in [0.29, 0.717) is 25.6 Å². The number of imidazole rings is 1. The Morgan fingerprint density at radius 1 is 1.18 bits per heavy atom. The summed E-state index contributed by atoms with van der Waals surface area (Å²) in [5.74, 6) is 2.12. The molecule has 0 spiro atoms. The normalized spacial score (nSPS) is 17.9. The third-order valence-electron chi connectivity index (χ3n) is 7.04. The molecule has 5 rings (SSSR count). The van der Waals surface area contributed by atoms with Crippen molar-refractivity contribution >= 4 is 17.7 Å². The third-order valence-corrected chi connectivity index (χ3v) is 7.04. The monoisotopic (exact) mass is 519 g/mol. The zero-order valence-corrected chi connectivity index (χ0v) is 23.0. The second-order valence-electron chi connectivity index (χ2n) is 9.95.